The second kappa shape index (κ2) is 10.1. The molecular formula is C15H32O. The third-order valence-electron chi connectivity index (χ3n) is 2.92. The van der Waals surface area contributed by atoms with Crippen LogP contribution in [0, 0.1) is 5.41 Å². The Morgan fingerprint density at radius 1 is 0.750 bits per heavy atom. The molecular weight excluding hydrogens is 196 g/mol. The van der Waals surface area contributed by atoms with Gasteiger partial charge in [0.05, 0.1) is 0 Å². The van der Waals surface area contributed by atoms with Crippen LogP contribution in [0.5, 0.6) is 0 Å². The molecule has 0 fully saturated rings. The fourth-order valence-electron chi connectivity index (χ4n) is 1.89. The summed E-state index contributed by atoms with van der Waals surface area (Å²) in [4.78, 5) is 0. The summed E-state index contributed by atoms with van der Waals surface area (Å²) in [5.74, 6) is 0. The summed E-state index contributed by atoms with van der Waals surface area (Å²) >= 11 is 0. The Labute approximate surface area is 103 Å². The van der Waals surface area contributed by atoms with Gasteiger partial charge < -0.3 is 4.74 Å². The van der Waals surface area contributed by atoms with Crippen LogP contribution < -0.4 is 0 Å². The zero-order valence-electron chi connectivity index (χ0n) is 12.0. The van der Waals surface area contributed by atoms with Crippen LogP contribution in [0.4, 0.5) is 0 Å². The number of ether oxygens (including phenoxy) is 1. The molecule has 0 N–H and O–H groups in total. The van der Waals surface area contributed by atoms with Crippen molar-refractivity contribution >= 4 is 0 Å². The highest BCUT2D eigenvalue weighted by Gasteiger charge is 2.08. The van der Waals surface area contributed by atoms with E-state index in [1.807, 2.05) is 0 Å². The van der Waals surface area contributed by atoms with Gasteiger partial charge in [0.15, 0.2) is 0 Å². The molecule has 0 aromatic rings. The van der Waals surface area contributed by atoms with Crippen LogP contribution in [0.3, 0.4) is 0 Å². The molecule has 0 bridgehead atoms. The lowest BCUT2D eigenvalue weighted by Gasteiger charge is -2.17. The van der Waals surface area contributed by atoms with Crippen molar-refractivity contribution in [2.75, 3.05) is 13.2 Å². The van der Waals surface area contributed by atoms with Crippen LogP contribution in [0.1, 0.15) is 79.1 Å². The van der Waals surface area contributed by atoms with Crippen LogP contribution in [-0.2, 0) is 4.74 Å². The monoisotopic (exact) mass is 228 g/mol. The van der Waals surface area contributed by atoms with E-state index in [0.29, 0.717) is 5.41 Å². The molecule has 0 aliphatic rings. The van der Waals surface area contributed by atoms with Gasteiger partial charge in [-0.05, 0) is 25.2 Å². The van der Waals surface area contributed by atoms with Crippen LogP contribution >= 0.6 is 0 Å². The lowest BCUT2D eigenvalue weighted by atomic mass is 9.89. The minimum atomic E-state index is 0.525. The third-order valence-corrected chi connectivity index (χ3v) is 2.92. The summed E-state index contributed by atoms with van der Waals surface area (Å²) in [6, 6.07) is 0. The topological polar surface area (TPSA) is 9.23 Å². The Morgan fingerprint density at radius 3 is 1.75 bits per heavy atom. The second-order valence-electron chi connectivity index (χ2n) is 5.98. The smallest absolute Gasteiger partial charge is 0.0465 e. The molecule has 0 aromatic carbocycles. The quantitative estimate of drug-likeness (QED) is 0.468. The second-order valence-corrected chi connectivity index (χ2v) is 5.98. The Hall–Kier alpha value is -0.0400. The predicted octanol–water partition coefficient (Wildman–Crippen LogP) is 5.19. The SMILES string of the molecule is CCOCCCCCCCCCC(C)(C)C. The average Bonchev–Trinajstić information content (AvgIpc) is 2.19. The van der Waals surface area contributed by atoms with Gasteiger partial charge in [0.25, 0.3) is 0 Å². The van der Waals surface area contributed by atoms with E-state index in [2.05, 4.69) is 27.7 Å². The van der Waals surface area contributed by atoms with Gasteiger partial charge in [0.1, 0.15) is 0 Å². The van der Waals surface area contributed by atoms with E-state index in [4.69, 9.17) is 4.74 Å². The van der Waals surface area contributed by atoms with Crippen molar-refractivity contribution in [3.63, 3.8) is 0 Å². The number of unbranched alkanes of at least 4 members (excludes halogenated alkanes) is 6. The maximum Gasteiger partial charge on any atom is 0.0465 e. The Kier molecular flexibility index (Phi) is 10.1. The van der Waals surface area contributed by atoms with E-state index in [9.17, 15) is 0 Å². The van der Waals surface area contributed by atoms with Crippen molar-refractivity contribution in [2.45, 2.75) is 79.1 Å². The van der Waals surface area contributed by atoms with Crippen LogP contribution in [0.2, 0.25) is 0 Å². The van der Waals surface area contributed by atoms with Crippen molar-refractivity contribution < 1.29 is 4.74 Å². The molecule has 0 spiro atoms. The minimum Gasteiger partial charge on any atom is -0.382 e. The molecule has 0 aromatic heterocycles. The standard InChI is InChI=1S/C15H32O/c1-5-16-14-12-10-8-6-7-9-11-13-15(2,3)4/h5-14H2,1-4H3. The Balaban J connectivity index is 2.99. The molecule has 0 heterocycles. The van der Waals surface area contributed by atoms with Crippen LogP contribution in [0.25, 0.3) is 0 Å². The molecule has 0 unspecified atom stereocenters. The van der Waals surface area contributed by atoms with Crippen molar-refractivity contribution in [2.24, 2.45) is 5.41 Å². The third kappa shape index (κ3) is 14.0. The molecule has 1 heteroatoms. The summed E-state index contributed by atoms with van der Waals surface area (Å²) < 4.78 is 5.32. The van der Waals surface area contributed by atoms with Gasteiger partial charge in [-0.3, -0.25) is 0 Å². The van der Waals surface area contributed by atoms with E-state index in [0.717, 1.165) is 13.2 Å². The van der Waals surface area contributed by atoms with Gasteiger partial charge >= 0.3 is 0 Å². The molecule has 0 rings (SSSR count). The summed E-state index contributed by atoms with van der Waals surface area (Å²) in [6.45, 7) is 10.9. The summed E-state index contributed by atoms with van der Waals surface area (Å²) in [5, 5.41) is 0. The zero-order chi connectivity index (χ0) is 12.3. The number of rotatable bonds is 10. The Morgan fingerprint density at radius 2 is 1.25 bits per heavy atom. The lowest BCUT2D eigenvalue weighted by Crippen LogP contribution is -2.03. The van der Waals surface area contributed by atoms with Gasteiger partial charge in [-0.15, -0.1) is 0 Å². The van der Waals surface area contributed by atoms with E-state index in [1.54, 1.807) is 0 Å². The molecule has 0 amide bonds. The highest BCUT2D eigenvalue weighted by molar-refractivity contribution is 4.60. The fraction of sp³-hybridized carbons (Fsp3) is 1.00. The van der Waals surface area contributed by atoms with E-state index in [1.165, 1.54) is 51.4 Å². The summed E-state index contributed by atoms with van der Waals surface area (Å²) in [6.07, 6.45) is 11.0. The number of hydrogen-bond donors (Lipinski definition) is 0. The van der Waals surface area contributed by atoms with E-state index >= 15 is 0 Å². The van der Waals surface area contributed by atoms with Gasteiger partial charge in [-0.1, -0.05) is 59.3 Å². The first kappa shape index (κ1) is 16.0. The largest absolute Gasteiger partial charge is 0.382 e. The number of hydrogen-bond acceptors (Lipinski definition) is 1. The maximum atomic E-state index is 5.32. The van der Waals surface area contributed by atoms with Gasteiger partial charge in [-0.2, -0.15) is 0 Å². The first-order valence-corrected chi connectivity index (χ1v) is 7.14. The summed E-state index contributed by atoms with van der Waals surface area (Å²) in [7, 11) is 0. The average molecular weight is 228 g/mol. The molecule has 0 saturated carbocycles. The molecule has 0 aliphatic heterocycles. The summed E-state index contributed by atoms with van der Waals surface area (Å²) in [5.41, 5.74) is 0.525. The van der Waals surface area contributed by atoms with E-state index < -0.39 is 0 Å². The normalized spacial score (nSPS) is 12.0. The first-order valence-electron chi connectivity index (χ1n) is 7.14. The fourth-order valence-corrected chi connectivity index (χ4v) is 1.89. The molecule has 98 valence electrons. The molecule has 0 atom stereocenters. The highest BCUT2D eigenvalue weighted by Crippen LogP contribution is 2.22. The van der Waals surface area contributed by atoms with Crippen molar-refractivity contribution in [1.82, 2.24) is 0 Å². The molecule has 1 nitrogen and oxygen atoms in total. The van der Waals surface area contributed by atoms with Gasteiger partial charge in [0, 0.05) is 13.2 Å². The first-order chi connectivity index (χ1) is 7.56. The van der Waals surface area contributed by atoms with Gasteiger partial charge in [-0.25, -0.2) is 0 Å². The Bertz CT molecular complexity index is 135. The van der Waals surface area contributed by atoms with Crippen LogP contribution in [0.15, 0.2) is 0 Å². The molecule has 16 heavy (non-hydrogen) atoms. The minimum absolute atomic E-state index is 0.525. The molecule has 0 aliphatic carbocycles. The van der Waals surface area contributed by atoms with Crippen molar-refractivity contribution in [3.8, 4) is 0 Å². The van der Waals surface area contributed by atoms with Gasteiger partial charge in [0.2, 0.25) is 0 Å². The lowest BCUT2D eigenvalue weighted by molar-refractivity contribution is 0.143. The van der Waals surface area contributed by atoms with Crippen molar-refractivity contribution in [1.29, 1.82) is 0 Å². The zero-order valence-corrected chi connectivity index (χ0v) is 12.0. The van der Waals surface area contributed by atoms with E-state index in [-0.39, 0.29) is 0 Å². The maximum absolute atomic E-state index is 5.32. The predicted molar refractivity (Wildman–Crippen MR) is 72.9 cm³/mol. The highest BCUT2D eigenvalue weighted by atomic mass is 16.5. The molecule has 0 radical (unpaired) electrons. The molecule has 0 saturated heterocycles. The van der Waals surface area contributed by atoms with Crippen LogP contribution in [-0.4, -0.2) is 13.2 Å². The van der Waals surface area contributed by atoms with Crippen molar-refractivity contribution in [3.05, 3.63) is 0 Å².